The van der Waals surface area contributed by atoms with Gasteiger partial charge in [0.2, 0.25) is 0 Å². The molecule has 0 saturated heterocycles. The molecule has 0 aliphatic heterocycles. The van der Waals surface area contributed by atoms with Crippen molar-refractivity contribution >= 4 is 0 Å². The van der Waals surface area contributed by atoms with Crippen LogP contribution in [0.3, 0.4) is 0 Å². The molecule has 0 saturated carbocycles. The fourth-order valence-corrected chi connectivity index (χ4v) is 3.33. The highest BCUT2D eigenvalue weighted by atomic mass is 16.5. The van der Waals surface area contributed by atoms with Gasteiger partial charge in [-0.05, 0) is 29.4 Å². The van der Waals surface area contributed by atoms with Gasteiger partial charge in [0.1, 0.15) is 5.69 Å². The van der Waals surface area contributed by atoms with Gasteiger partial charge in [-0.25, -0.2) is 0 Å². The van der Waals surface area contributed by atoms with E-state index in [1.165, 1.54) is 22.3 Å². The summed E-state index contributed by atoms with van der Waals surface area (Å²) in [6.07, 6.45) is 2.05. The van der Waals surface area contributed by atoms with E-state index in [9.17, 15) is 0 Å². The molecule has 1 heterocycles. The number of fused-ring (bicyclic) bond motifs is 3. The van der Waals surface area contributed by atoms with Crippen LogP contribution in [0, 0.1) is 0 Å². The van der Waals surface area contributed by atoms with Gasteiger partial charge >= 0.3 is 0 Å². The number of hydrogen-bond acceptors (Lipinski definition) is 2. The van der Waals surface area contributed by atoms with Crippen LogP contribution in [0.25, 0.3) is 22.6 Å². The van der Waals surface area contributed by atoms with Crippen LogP contribution in [0.4, 0.5) is 0 Å². The molecule has 0 amide bonds. The molecule has 0 unspecified atom stereocenters. The molecule has 2 nitrogen and oxygen atoms in total. The molecule has 2 aromatic carbocycles. The van der Waals surface area contributed by atoms with E-state index in [4.69, 9.17) is 4.52 Å². The lowest BCUT2D eigenvalue weighted by molar-refractivity contribution is 0.434. The molecule has 0 atom stereocenters. The second-order valence-corrected chi connectivity index (χ2v) is 7.32. The van der Waals surface area contributed by atoms with Crippen LogP contribution in [0.5, 0.6) is 0 Å². The van der Waals surface area contributed by atoms with Gasteiger partial charge in [0.05, 0.1) is 0 Å². The molecule has 2 heteroatoms. The van der Waals surface area contributed by atoms with Crippen LogP contribution < -0.4 is 0 Å². The highest BCUT2D eigenvalue weighted by Gasteiger charge is 2.24. The average Bonchev–Trinajstić information content (AvgIpc) is 2.98. The summed E-state index contributed by atoms with van der Waals surface area (Å²) >= 11 is 0. The molecule has 0 spiro atoms. The van der Waals surface area contributed by atoms with Crippen LogP contribution in [0.2, 0.25) is 0 Å². The first-order chi connectivity index (χ1) is 11.0. The molecule has 4 rings (SSSR count). The van der Waals surface area contributed by atoms with Gasteiger partial charge in [-0.1, -0.05) is 74.5 Å². The van der Waals surface area contributed by atoms with Gasteiger partial charge in [0.15, 0.2) is 5.76 Å². The van der Waals surface area contributed by atoms with Gasteiger partial charge in [-0.2, -0.15) is 0 Å². The van der Waals surface area contributed by atoms with Gasteiger partial charge in [0, 0.05) is 16.7 Å². The van der Waals surface area contributed by atoms with E-state index in [0.717, 1.165) is 29.9 Å². The minimum Gasteiger partial charge on any atom is -0.355 e. The third-order valence-electron chi connectivity index (χ3n) is 4.72. The molecular weight excluding hydrogens is 282 g/mol. The zero-order valence-electron chi connectivity index (χ0n) is 13.9. The first-order valence-electron chi connectivity index (χ1n) is 8.22. The predicted octanol–water partition coefficient (Wildman–Crippen LogP) is 5.40. The number of rotatable bonds is 1. The number of aryl methyl sites for hydroxylation is 1. The Hall–Kier alpha value is -2.35. The van der Waals surface area contributed by atoms with Crippen molar-refractivity contribution in [3.8, 4) is 22.6 Å². The molecular formula is C21H21NO. The summed E-state index contributed by atoms with van der Waals surface area (Å²) in [4.78, 5) is 0. The van der Waals surface area contributed by atoms with E-state index in [-0.39, 0.29) is 5.41 Å². The molecule has 23 heavy (non-hydrogen) atoms. The summed E-state index contributed by atoms with van der Waals surface area (Å²) in [6.45, 7) is 6.69. The monoisotopic (exact) mass is 303 g/mol. The Kier molecular flexibility index (Phi) is 3.15. The van der Waals surface area contributed by atoms with Crippen molar-refractivity contribution in [3.63, 3.8) is 0 Å². The Morgan fingerprint density at radius 1 is 0.913 bits per heavy atom. The molecule has 3 aromatic rings. The standard InChI is InChI=1S/C21H21NO/c1-21(2,3)16-11-8-15(9-12-16)20-18-13-10-14-6-4-5-7-17(14)19(18)22-23-20/h4-9,11-12H,10,13H2,1-3H3. The molecule has 0 fully saturated rings. The van der Waals surface area contributed by atoms with Crippen molar-refractivity contribution in [3.05, 3.63) is 65.2 Å². The van der Waals surface area contributed by atoms with Crippen LogP contribution >= 0.6 is 0 Å². The molecule has 0 N–H and O–H groups in total. The van der Waals surface area contributed by atoms with Crippen molar-refractivity contribution in [1.82, 2.24) is 5.16 Å². The van der Waals surface area contributed by atoms with Gasteiger partial charge in [-0.15, -0.1) is 0 Å². The van der Waals surface area contributed by atoms with E-state index in [0.29, 0.717) is 0 Å². The van der Waals surface area contributed by atoms with Gasteiger partial charge in [0.25, 0.3) is 0 Å². The number of hydrogen-bond donors (Lipinski definition) is 0. The predicted molar refractivity (Wildman–Crippen MR) is 93.5 cm³/mol. The summed E-state index contributed by atoms with van der Waals surface area (Å²) in [6, 6.07) is 17.2. The van der Waals surface area contributed by atoms with Gasteiger partial charge < -0.3 is 4.52 Å². The van der Waals surface area contributed by atoms with E-state index in [1.807, 2.05) is 0 Å². The molecule has 116 valence electrons. The summed E-state index contributed by atoms with van der Waals surface area (Å²) in [7, 11) is 0. The van der Waals surface area contributed by atoms with E-state index in [2.05, 4.69) is 74.5 Å². The summed E-state index contributed by atoms with van der Waals surface area (Å²) < 4.78 is 5.74. The Morgan fingerprint density at radius 3 is 2.39 bits per heavy atom. The second kappa shape index (κ2) is 5.09. The van der Waals surface area contributed by atoms with Crippen LogP contribution in [0.15, 0.2) is 53.1 Å². The maximum absolute atomic E-state index is 5.74. The highest BCUT2D eigenvalue weighted by Crippen LogP contribution is 2.38. The lowest BCUT2D eigenvalue weighted by atomic mass is 9.85. The topological polar surface area (TPSA) is 26.0 Å². The first kappa shape index (κ1) is 14.3. The lowest BCUT2D eigenvalue weighted by Gasteiger charge is -2.19. The summed E-state index contributed by atoms with van der Waals surface area (Å²) in [5.74, 6) is 0.926. The third-order valence-corrected chi connectivity index (χ3v) is 4.72. The van der Waals surface area contributed by atoms with Crippen molar-refractivity contribution in [1.29, 1.82) is 0 Å². The van der Waals surface area contributed by atoms with E-state index >= 15 is 0 Å². The average molecular weight is 303 g/mol. The smallest absolute Gasteiger partial charge is 0.170 e. The van der Waals surface area contributed by atoms with Crippen LogP contribution in [-0.4, -0.2) is 5.16 Å². The van der Waals surface area contributed by atoms with Gasteiger partial charge in [-0.3, -0.25) is 0 Å². The molecule has 0 bridgehead atoms. The minimum absolute atomic E-state index is 0.165. The van der Waals surface area contributed by atoms with Crippen molar-refractivity contribution in [2.45, 2.75) is 39.0 Å². The Balaban J connectivity index is 1.77. The summed E-state index contributed by atoms with van der Waals surface area (Å²) in [5.41, 5.74) is 7.45. The molecule has 1 aliphatic rings. The lowest BCUT2D eigenvalue weighted by Crippen LogP contribution is -2.10. The molecule has 1 aliphatic carbocycles. The Bertz CT molecular complexity index is 850. The molecule has 1 aromatic heterocycles. The zero-order valence-corrected chi connectivity index (χ0v) is 13.9. The number of benzene rings is 2. The maximum Gasteiger partial charge on any atom is 0.170 e. The third kappa shape index (κ3) is 2.39. The number of nitrogens with zero attached hydrogens (tertiary/aromatic N) is 1. The van der Waals surface area contributed by atoms with Crippen molar-refractivity contribution in [2.75, 3.05) is 0 Å². The van der Waals surface area contributed by atoms with E-state index < -0.39 is 0 Å². The highest BCUT2D eigenvalue weighted by molar-refractivity contribution is 5.76. The zero-order chi connectivity index (χ0) is 16.0. The first-order valence-corrected chi connectivity index (χ1v) is 8.22. The second-order valence-electron chi connectivity index (χ2n) is 7.32. The fourth-order valence-electron chi connectivity index (χ4n) is 3.33. The minimum atomic E-state index is 0.165. The largest absolute Gasteiger partial charge is 0.355 e. The maximum atomic E-state index is 5.74. The van der Waals surface area contributed by atoms with Crippen molar-refractivity contribution < 1.29 is 4.52 Å². The quantitative estimate of drug-likeness (QED) is 0.601. The SMILES string of the molecule is CC(C)(C)c1ccc(-c2onc3c2CCc2ccccc2-3)cc1. The molecule has 0 radical (unpaired) electrons. The Labute approximate surface area is 137 Å². The van der Waals surface area contributed by atoms with Crippen LogP contribution in [0.1, 0.15) is 37.5 Å². The van der Waals surface area contributed by atoms with Crippen molar-refractivity contribution in [2.24, 2.45) is 0 Å². The summed E-state index contributed by atoms with van der Waals surface area (Å²) in [5, 5.41) is 4.37. The normalized spacial score (nSPS) is 13.5. The Morgan fingerprint density at radius 2 is 1.65 bits per heavy atom. The van der Waals surface area contributed by atoms with Crippen LogP contribution in [-0.2, 0) is 18.3 Å². The van der Waals surface area contributed by atoms with E-state index in [1.54, 1.807) is 0 Å². The number of aromatic nitrogens is 1. The fraction of sp³-hybridized carbons (Fsp3) is 0.286.